The van der Waals surface area contributed by atoms with Crippen LogP contribution in [-0.2, 0) is 9.59 Å². The largest absolute Gasteiger partial charge is 0.494 e. The number of nitrogens with zero attached hydrogens (tertiary/aromatic N) is 2. The molecule has 5 heteroatoms. The van der Waals surface area contributed by atoms with Crippen molar-refractivity contribution < 1.29 is 14.3 Å². The first-order valence-corrected chi connectivity index (χ1v) is 9.86. The second kappa shape index (κ2) is 8.91. The number of ether oxygens (including phenoxy) is 1. The van der Waals surface area contributed by atoms with Crippen LogP contribution >= 0.6 is 0 Å². The highest BCUT2D eigenvalue weighted by atomic mass is 16.5. The topological polar surface area (TPSA) is 49.9 Å². The van der Waals surface area contributed by atoms with Crippen LogP contribution in [0.3, 0.4) is 0 Å². The molecule has 0 radical (unpaired) electrons. The fraction of sp³-hybridized carbons (Fsp3) is 0.391. The molecule has 0 aromatic heterocycles. The smallest absolute Gasteiger partial charge is 0.231 e. The molecule has 1 aliphatic heterocycles. The molecule has 5 nitrogen and oxygen atoms in total. The lowest BCUT2D eigenvalue weighted by Crippen LogP contribution is -2.37. The second-order valence-electron chi connectivity index (χ2n) is 7.56. The molecule has 0 N–H and O–H groups in total. The van der Waals surface area contributed by atoms with Gasteiger partial charge in [0, 0.05) is 13.1 Å². The fourth-order valence-electron chi connectivity index (χ4n) is 3.48. The van der Waals surface area contributed by atoms with E-state index in [0.717, 1.165) is 23.5 Å². The van der Waals surface area contributed by atoms with E-state index in [2.05, 4.69) is 26.0 Å². The Hall–Kier alpha value is -2.82. The van der Waals surface area contributed by atoms with Crippen LogP contribution < -0.4 is 14.5 Å². The molecule has 0 saturated heterocycles. The molecule has 2 aromatic carbocycles. The highest BCUT2D eigenvalue weighted by Gasteiger charge is 2.30. The summed E-state index contributed by atoms with van der Waals surface area (Å²) in [6.45, 7) is 7.67. The van der Waals surface area contributed by atoms with E-state index in [1.165, 1.54) is 5.56 Å². The minimum Gasteiger partial charge on any atom is -0.494 e. The van der Waals surface area contributed by atoms with E-state index >= 15 is 0 Å². The zero-order chi connectivity index (χ0) is 20.1. The lowest BCUT2D eigenvalue weighted by atomic mass is 10.0. The molecule has 0 bridgehead atoms. The molecule has 148 valence electrons. The molecule has 1 atom stereocenters. The molecule has 1 aliphatic rings. The van der Waals surface area contributed by atoms with Crippen molar-refractivity contribution in [2.75, 3.05) is 29.5 Å². The Kier molecular flexibility index (Phi) is 6.34. The van der Waals surface area contributed by atoms with Crippen LogP contribution in [0.2, 0.25) is 0 Å². The molecule has 0 aliphatic carbocycles. The Morgan fingerprint density at radius 3 is 2.43 bits per heavy atom. The summed E-state index contributed by atoms with van der Waals surface area (Å²) < 4.78 is 5.85. The molecule has 1 unspecified atom stereocenters. The molecule has 0 spiro atoms. The van der Waals surface area contributed by atoms with Gasteiger partial charge in [-0.05, 0) is 42.2 Å². The van der Waals surface area contributed by atoms with Crippen molar-refractivity contribution in [2.24, 2.45) is 5.92 Å². The Morgan fingerprint density at radius 1 is 1.11 bits per heavy atom. The molecule has 1 heterocycles. The van der Waals surface area contributed by atoms with E-state index < -0.39 is 0 Å². The fourth-order valence-corrected chi connectivity index (χ4v) is 3.48. The Balaban J connectivity index is 1.65. The van der Waals surface area contributed by atoms with E-state index in [4.69, 9.17) is 4.74 Å². The highest BCUT2D eigenvalue weighted by molar-refractivity contribution is 6.02. The summed E-state index contributed by atoms with van der Waals surface area (Å²) in [6.07, 6.45) is 1.51. The van der Waals surface area contributed by atoms with E-state index in [9.17, 15) is 9.59 Å². The summed E-state index contributed by atoms with van der Waals surface area (Å²) in [7, 11) is 0. The van der Waals surface area contributed by atoms with Crippen molar-refractivity contribution in [3.63, 3.8) is 0 Å². The van der Waals surface area contributed by atoms with E-state index in [0.29, 0.717) is 32.0 Å². The van der Waals surface area contributed by atoms with E-state index in [1.807, 2.05) is 43.3 Å². The number of carbonyl (C=O) groups is 2. The zero-order valence-corrected chi connectivity index (χ0v) is 16.8. The minimum absolute atomic E-state index is 0.0399. The third kappa shape index (κ3) is 4.35. The number of fused-ring (bicyclic) bond motifs is 1. The number of amides is 2. The third-order valence-electron chi connectivity index (χ3n) is 5.11. The molecular weight excluding hydrogens is 352 g/mol. The summed E-state index contributed by atoms with van der Waals surface area (Å²) in [5, 5.41) is 0. The summed E-state index contributed by atoms with van der Waals surface area (Å²) in [6, 6.07) is 15.7. The van der Waals surface area contributed by atoms with Crippen LogP contribution in [0.4, 0.5) is 11.4 Å². The average molecular weight is 380 g/mol. The van der Waals surface area contributed by atoms with Gasteiger partial charge in [-0.25, -0.2) is 0 Å². The van der Waals surface area contributed by atoms with E-state index in [-0.39, 0.29) is 11.8 Å². The van der Waals surface area contributed by atoms with Crippen LogP contribution in [0.15, 0.2) is 48.5 Å². The second-order valence-corrected chi connectivity index (χ2v) is 7.56. The number of benzene rings is 2. The summed E-state index contributed by atoms with van der Waals surface area (Å²) in [5.41, 5.74) is 2.85. The average Bonchev–Trinajstić information content (AvgIpc) is 2.81. The van der Waals surface area contributed by atoms with Gasteiger partial charge in [0.2, 0.25) is 12.3 Å². The first-order chi connectivity index (χ1) is 13.5. The first kappa shape index (κ1) is 19.9. The van der Waals surface area contributed by atoms with Crippen molar-refractivity contribution >= 4 is 23.7 Å². The van der Waals surface area contributed by atoms with Gasteiger partial charge in [0.05, 0.1) is 23.9 Å². The highest BCUT2D eigenvalue weighted by Crippen LogP contribution is 2.33. The Morgan fingerprint density at radius 2 is 1.79 bits per heavy atom. The summed E-state index contributed by atoms with van der Waals surface area (Å²) in [5.74, 6) is 1.13. The molecular formula is C23H28N2O3. The van der Waals surface area contributed by atoms with Crippen LogP contribution in [0, 0.1) is 5.92 Å². The van der Waals surface area contributed by atoms with Gasteiger partial charge in [0.15, 0.2) is 0 Å². The molecule has 0 fully saturated rings. The Labute approximate surface area is 166 Å². The molecule has 2 aromatic rings. The maximum Gasteiger partial charge on any atom is 0.231 e. The number of carbonyl (C=O) groups excluding carboxylic acids is 2. The van der Waals surface area contributed by atoms with Crippen LogP contribution in [0.1, 0.15) is 38.7 Å². The van der Waals surface area contributed by atoms with Gasteiger partial charge in [-0.3, -0.25) is 9.59 Å². The molecule has 2 amide bonds. The minimum atomic E-state index is -0.248. The summed E-state index contributed by atoms with van der Waals surface area (Å²) in [4.78, 5) is 27.8. The van der Waals surface area contributed by atoms with Gasteiger partial charge in [0.25, 0.3) is 0 Å². The maximum atomic E-state index is 12.9. The predicted octanol–water partition coefficient (Wildman–Crippen LogP) is 4.22. The normalized spacial score (nSPS) is 16.7. The number of rotatable bonds is 7. The van der Waals surface area contributed by atoms with E-state index in [1.54, 1.807) is 9.80 Å². The van der Waals surface area contributed by atoms with Crippen molar-refractivity contribution in [3.8, 4) is 5.75 Å². The number of hydrogen-bond donors (Lipinski definition) is 0. The quantitative estimate of drug-likeness (QED) is 0.534. The zero-order valence-electron chi connectivity index (χ0n) is 16.8. The van der Waals surface area contributed by atoms with Crippen LogP contribution in [-0.4, -0.2) is 32.0 Å². The summed E-state index contributed by atoms with van der Waals surface area (Å²) >= 11 is 0. The van der Waals surface area contributed by atoms with Crippen molar-refractivity contribution in [1.29, 1.82) is 0 Å². The molecule has 0 saturated carbocycles. The third-order valence-corrected chi connectivity index (χ3v) is 5.11. The predicted molar refractivity (Wildman–Crippen MR) is 112 cm³/mol. The van der Waals surface area contributed by atoms with Gasteiger partial charge in [-0.1, -0.05) is 45.0 Å². The van der Waals surface area contributed by atoms with Gasteiger partial charge in [0.1, 0.15) is 5.75 Å². The van der Waals surface area contributed by atoms with Crippen molar-refractivity contribution in [2.45, 2.75) is 33.1 Å². The van der Waals surface area contributed by atoms with Crippen molar-refractivity contribution in [3.05, 3.63) is 54.1 Å². The van der Waals surface area contributed by atoms with Gasteiger partial charge >= 0.3 is 0 Å². The standard InChI is InChI=1S/C23H28N2O3/c1-17(2)19-9-11-20(12-10-19)28-14-6-13-25-22-8-5-4-7-21(22)24(16-26)15-18(3)23(25)27/h4-5,7-12,16-18H,6,13-15H2,1-3H3. The molecule has 3 rings (SSSR count). The Bertz CT molecular complexity index is 817. The van der Waals surface area contributed by atoms with Gasteiger partial charge < -0.3 is 14.5 Å². The first-order valence-electron chi connectivity index (χ1n) is 9.86. The maximum absolute atomic E-state index is 12.9. The number of anilines is 2. The molecule has 28 heavy (non-hydrogen) atoms. The number of para-hydroxylation sites is 2. The lowest BCUT2D eigenvalue weighted by molar-refractivity contribution is -0.121. The SMILES string of the molecule is CC1CN(C=O)c2ccccc2N(CCCOc2ccc(C(C)C)cc2)C1=O. The lowest BCUT2D eigenvalue weighted by Gasteiger charge is -2.24. The van der Waals surface area contributed by atoms with Gasteiger partial charge in [-0.15, -0.1) is 0 Å². The van der Waals surface area contributed by atoms with Crippen LogP contribution in [0.5, 0.6) is 5.75 Å². The van der Waals surface area contributed by atoms with Gasteiger partial charge in [-0.2, -0.15) is 0 Å². The van der Waals surface area contributed by atoms with Crippen molar-refractivity contribution in [1.82, 2.24) is 0 Å². The number of hydrogen-bond acceptors (Lipinski definition) is 3. The monoisotopic (exact) mass is 380 g/mol. The van der Waals surface area contributed by atoms with Crippen LogP contribution in [0.25, 0.3) is 0 Å².